The number of carbonyl (C=O) groups is 2. The largest absolute Gasteiger partial charge is 0.466 e. The van der Waals surface area contributed by atoms with Crippen molar-refractivity contribution in [3.05, 3.63) is 35.1 Å². The van der Waals surface area contributed by atoms with Gasteiger partial charge in [-0.05, 0) is 25.1 Å². The maximum atomic E-state index is 13.5. The Hall–Kier alpha value is -1.95. The molecule has 0 heterocycles. The lowest BCUT2D eigenvalue weighted by molar-refractivity contribution is -0.142. The second-order valence-corrected chi connectivity index (χ2v) is 3.90. The highest BCUT2D eigenvalue weighted by molar-refractivity contribution is 5.92. The van der Waals surface area contributed by atoms with Crippen LogP contribution in [0.4, 0.5) is 4.39 Å². The van der Waals surface area contributed by atoms with Crippen LogP contribution in [0.5, 0.6) is 0 Å². The fourth-order valence-electron chi connectivity index (χ4n) is 1.51. The normalized spacial score (nSPS) is 10.2. The molecule has 19 heavy (non-hydrogen) atoms. The van der Waals surface area contributed by atoms with Crippen molar-refractivity contribution < 1.29 is 18.7 Å². The Morgan fingerprint density at radius 1 is 1.42 bits per heavy atom. The van der Waals surface area contributed by atoms with Crippen LogP contribution >= 0.6 is 0 Å². The van der Waals surface area contributed by atoms with E-state index in [2.05, 4.69) is 5.32 Å². The van der Waals surface area contributed by atoms with E-state index in [0.29, 0.717) is 18.7 Å². The maximum Gasteiger partial charge on any atom is 0.307 e. The summed E-state index contributed by atoms with van der Waals surface area (Å²) in [6.07, 6.45) is 0.213. The lowest BCUT2D eigenvalue weighted by Crippen LogP contribution is -2.20. The molecule has 1 amide bonds. The summed E-state index contributed by atoms with van der Waals surface area (Å²) in [6.45, 7) is 2.66. The van der Waals surface area contributed by atoms with Crippen molar-refractivity contribution in [1.29, 1.82) is 0 Å². The van der Waals surface area contributed by atoms with Gasteiger partial charge in [-0.2, -0.15) is 0 Å². The molecule has 0 aliphatic rings. The Labute approximate surface area is 110 Å². The molecule has 0 atom stereocenters. The molecule has 0 fully saturated rings. The van der Waals surface area contributed by atoms with Gasteiger partial charge < -0.3 is 15.8 Å². The van der Waals surface area contributed by atoms with Crippen LogP contribution < -0.4 is 11.1 Å². The number of benzene rings is 1. The van der Waals surface area contributed by atoms with Gasteiger partial charge >= 0.3 is 5.97 Å². The van der Waals surface area contributed by atoms with Crippen molar-refractivity contribution >= 4 is 11.9 Å². The van der Waals surface area contributed by atoms with Crippen LogP contribution in [0.2, 0.25) is 0 Å². The smallest absolute Gasteiger partial charge is 0.307 e. The van der Waals surface area contributed by atoms with Gasteiger partial charge in [0.1, 0.15) is 5.82 Å². The molecule has 0 aliphatic carbocycles. The molecule has 0 saturated heterocycles. The quantitative estimate of drug-likeness (QED) is 0.570. The molecule has 0 unspecified atom stereocenters. The monoisotopic (exact) mass is 268 g/mol. The van der Waals surface area contributed by atoms with Crippen LogP contribution in [0.15, 0.2) is 18.2 Å². The van der Waals surface area contributed by atoms with Gasteiger partial charge in [0.25, 0.3) is 0 Å². The molecule has 0 aliphatic heterocycles. The van der Waals surface area contributed by atoms with E-state index >= 15 is 0 Å². The van der Waals surface area contributed by atoms with E-state index < -0.39 is 11.7 Å². The fourth-order valence-corrected chi connectivity index (χ4v) is 1.51. The van der Waals surface area contributed by atoms with Gasteiger partial charge in [-0.3, -0.25) is 9.59 Å². The van der Waals surface area contributed by atoms with E-state index in [9.17, 15) is 14.0 Å². The summed E-state index contributed by atoms with van der Waals surface area (Å²) in [7, 11) is 0. The minimum absolute atomic E-state index is 0.213. The van der Waals surface area contributed by atoms with Gasteiger partial charge in [-0.25, -0.2) is 4.39 Å². The highest BCUT2D eigenvalue weighted by Crippen LogP contribution is 2.10. The molecule has 1 aromatic rings. The van der Waals surface area contributed by atoms with Crippen LogP contribution in [0, 0.1) is 5.82 Å². The van der Waals surface area contributed by atoms with Gasteiger partial charge in [-0.15, -0.1) is 0 Å². The zero-order valence-electron chi connectivity index (χ0n) is 10.7. The predicted octanol–water partition coefficient (Wildman–Crippen LogP) is 0.967. The Bertz CT molecular complexity index is 463. The Kier molecular flexibility index (Phi) is 5.95. The van der Waals surface area contributed by atoms with Crippen LogP contribution in [-0.4, -0.2) is 25.0 Å². The van der Waals surface area contributed by atoms with E-state index in [4.69, 9.17) is 10.5 Å². The number of halogens is 1. The first-order chi connectivity index (χ1) is 9.04. The minimum Gasteiger partial charge on any atom is -0.466 e. The van der Waals surface area contributed by atoms with Gasteiger partial charge in [0.2, 0.25) is 5.91 Å². The SMILES string of the molecule is CCOC(=O)CCNCc1cc(C(N)=O)ccc1F. The first kappa shape index (κ1) is 15.1. The fraction of sp³-hybridized carbons (Fsp3) is 0.385. The van der Waals surface area contributed by atoms with E-state index in [1.807, 2.05) is 0 Å². The highest BCUT2D eigenvalue weighted by atomic mass is 19.1. The number of ether oxygens (including phenoxy) is 1. The van der Waals surface area contributed by atoms with Gasteiger partial charge in [0, 0.05) is 24.2 Å². The highest BCUT2D eigenvalue weighted by Gasteiger charge is 2.07. The van der Waals surface area contributed by atoms with E-state index in [1.54, 1.807) is 6.92 Å². The molecule has 0 bridgehead atoms. The van der Waals surface area contributed by atoms with Crippen LogP contribution in [0.3, 0.4) is 0 Å². The number of hydrogen-bond acceptors (Lipinski definition) is 4. The summed E-state index contributed by atoms with van der Waals surface area (Å²) in [5, 5.41) is 2.91. The Balaban J connectivity index is 2.46. The van der Waals surface area contributed by atoms with E-state index in [-0.39, 0.29) is 24.5 Å². The number of amides is 1. The number of esters is 1. The molecule has 1 aromatic carbocycles. The maximum absolute atomic E-state index is 13.5. The summed E-state index contributed by atoms with van der Waals surface area (Å²) in [5.74, 6) is -1.33. The van der Waals surface area contributed by atoms with Gasteiger partial charge in [-0.1, -0.05) is 0 Å². The molecular weight excluding hydrogens is 251 g/mol. The van der Waals surface area contributed by atoms with Crippen molar-refractivity contribution in [2.24, 2.45) is 5.73 Å². The minimum atomic E-state index is -0.604. The molecule has 5 nitrogen and oxygen atoms in total. The molecule has 6 heteroatoms. The molecular formula is C13H17FN2O3. The standard InChI is InChI=1S/C13H17FN2O3/c1-2-19-12(17)5-6-16-8-10-7-9(13(15)18)3-4-11(10)14/h3-4,7,16H,2,5-6,8H2,1H3,(H2,15,18). The third kappa shape index (κ3) is 5.05. The van der Waals surface area contributed by atoms with Crippen LogP contribution in [0.1, 0.15) is 29.3 Å². The average Bonchev–Trinajstić information content (AvgIpc) is 2.36. The second kappa shape index (κ2) is 7.48. The number of rotatable bonds is 7. The van der Waals surface area contributed by atoms with Crippen LogP contribution in [-0.2, 0) is 16.1 Å². The lowest BCUT2D eigenvalue weighted by Gasteiger charge is -2.07. The lowest BCUT2D eigenvalue weighted by atomic mass is 10.1. The first-order valence-corrected chi connectivity index (χ1v) is 5.99. The predicted molar refractivity (Wildman–Crippen MR) is 67.9 cm³/mol. The molecule has 1 rings (SSSR count). The third-order valence-corrected chi connectivity index (χ3v) is 2.46. The molecule has 104 valence electrons. The first-order valence-electron chi connectivity index (χ1n) is 5.99. The third-order valence-electron chi connectivity index (χ3n) is 2.46. The van der Waals surface area contributed by atoms with Crippen molar-refractivity contribution in [3.63, 3.8) is 0 Å². The molecule has 0 saturated carbocycles. The number of nitrogens with two attached hydrogens (primary N) is 1. The van der Waals surface area contributed by atoms with Crippen LogP contribution in [0.25, 0.3) is 0 Å². The van der Waals surface area contributed by atoms with Crippen molar-refractivity contribution in [1.82, 2.24) is 5.32 Å². The zero-order chi connectivity index (χ0) is 14.3. The van der Waals surface area contributed by atoms with Crippen molar-refractivity contribution in [3.8, 4) is 0 Å². The summed E-state index contributed by atoms with van der Waals surface area (Å²) < 4.78 is 18.2. The Morgan fingerprint density at radius 3 is 2.79 bits per heavy atom. The summed E-state index contributed by atoms with van der Waals surface area (Å²) in [5.41, 5.74) is 5.70. The summed E-state index contributed by atoms with van der Waals surface area (Å²) in [4.78, 5) is 22.0. The second-order valence-electron chi connectivity index (χ2n) is 3.90. The number of hydrogen-bond donors (Lipinski definition) is 2. The van der Waals surface area contributed by atoms with Gasteiger partial charge in [0.15, 0.2) is 0 Å². The van der Waals surface area contributed by atoms with Crippen molar-refractivity contribution in [2.75, 3.05) is 13.2 Å². The van der Waals surface area contributed by atoms with Gasteiger partial charge in [0.05, 0.1) is 13.0 Å². The van der Waals surface area contributed by atoms with Crippen molar-refractivity contribution in [2.45, 2.75) is 19.9 Å². The topological polar surface area (TPSA) is 81.4 Å². The Morgan fingerprint density at radius 2 is 2.16 bits per heavy atom. The number of primary amides is 1. The molecule has 3 N–H and O–H groups in total. The molecule has 0 aromatic heterocycles. The average molecular weight is 268 g/mol. The van der Waals surface area contributed by atoms with E-state index in [0.717, 1.165) is 0 Å². The number of carbonyl (C=O) groups excluding carboxylic acids is 2. The number of nitrogens with one attached hydrogen (secondary N) is 1. The zero-order valence-corrected chi connectivity index (χ0v) is 10.7. The molecule has 0 radical (unpaired) electrons. The molecule has 0 spiro atoms. The van der Waals surface area contributed by atoms with E-state index in [1.165, 1.54) is 18.2 Å². The summed E-state index contributed by atoms with van der Waals surface area (Å²) >= 11 is 0. The summed E-state index contributed by atoms with van der Waals surface area (Å²) in [6, 6.07) is 3.93.